The van der Waals surface area contributed by atoms with Gasteiger partial charge in [0.25, 0.3) is 0 Å². The summed E-state index contributed by atoms with van der Waals surface area (Å²) >= 11 is 1.42. The number of thioether (sulfide) groups is 1. The quantitative estimate of drug-likeness (QED) is 0.394. The van der Waals surface area contributed by atoms with Gasteiger partial charge in [0.1, 0.15) is 5.03 Å². The van der Waals surface area contributed by atoms with E-state index in [1.54, 1.807) is 7.11 Å². The van der Waals surface area contributed by atoms with Crippen LogP contribution in [0.4, 0.5) is 0 Å². The molecule has 26 heavy (non-hydrogen) atoms. The van der Waals surface area contributed by atoms with E-state index in [1.165, 1.54) is 17.3 Å². The van der Waals surface area contributed by atoms with Gasteiger partial charge < -0.3 is 10.1 Å². The molecular formula is C20H21N3O2S. The molecule has 6 heteroatoms. The summed E-state index contributed by atoms with van der Waals surface area (Å²) in [5, 5.41) is 4.60. The third kappa shape index (κ3) is 4.59. The Labute approximate surface area is 157 Å². The summed E-state index contributed by atoms with van der Waals surface area (Å²) < 4.78 is 4.94. The highest BCUT2D eigenvalue weighted by molar-refractivity contribution is 8.00. The second-order valence-corrected chi connectivity index (χ2v) is 6.83. The normalized spacial score (nSPS) is 10.8. The van der Waals surface area contributed by atoms with Gasteiger partial charge in [0, 0.05) is 24.6 Å². The number of hydrogen-bond acceptors (Lipinski definition) is 5. The third-order valence-corrected chi connectivity index (χ3v) is 4.84. The lowest BCUT2D eigenvalue weighted by atomic mass is 10.1. The van der Waals surface area contributed by atoms with Gasteiger partial charge in [0.15, 0.2) is 5.82 Å². The molecule has 3 aromatic rings. The zero-order chi connectivity index (χ0) is 18.4. The number of rotatable bonds is 7. The van der Waals surface area contributed by atoms with Gasteiger partial charge >= 0.3 is 0 Å². The fourth-order valence-electron chi connectivity index (χ4n) is 2.47. The molecule has 0 aliphatic heterocycles. The van der Waals surface area contributed by atoms with E-state index in [-0.39, 0.29) is 5.91 Å². The molecule has 0 bridgehead atoms. The van der Waals surface area contributed by atoms with Crippen molar-refractivity contribution in [1.29, 1.82) is 0 Å². The maximum Gasteiger partial charge on any atom is 0.230 e. The Morgan fingerprint density at radius 2 is 1.88 bits per heavy atom. The van der Waals surface area contributed by atoms with Crippen LogP contribution in [0.2, 0.25) is 0 Å². The second kappa shape index (κ2) is 8.78. The molecule has 0 saturated carbocycles. The Morgan fingerprint density at radius 1 is 1.12 bits per heavy atom. The van der Waals surface area contributed by atoms with Crippen LogP contribution in [0.25, 0.3) is 22.3 Å². The number of amides is 1. The number of ether oxygens (including phenoxy) is 1. The second-order valence-electron chi connectivity index (χ2n) is 5.87. The third-order valence-electron chi connectivity index (χ3n) is 3.85. The first-order chi connectivity index (χ1) is 12.7. The van der Waals surface area contributed by atoms with Gasteiger partial charge in [-0.25, -0.2) is 9.97 Å². The number of carbonyl (C=O) groups is 1. The van der Waals surface area contributed by atoms with Crippen molar-refractivity contribution < 1.29 is 9.53 Å². The Morgan fingerprint density at radius 3 is 2.65 bits per heavy atom. The Balaban J connectivity index is 1.86. The number of aryl methyl sites for hydroxylation is 1. The van der Waals surface area contributed by atoms with Gasteiger partial charge in [-0.3, -0.25) is 4.79 Å². The smallest absolute Gasteiger partial charge is 0.230 e. The van der Waals surface area contributed by atoms with Crippen molar-refractivity contribution in [1.82, 2.24) is 15.3 Å². The maximum atomic E-state index is 12.0. The number of para-hydroxylation sites is 1. The van der Waals surface area contributed by atoms with Crippen LogP contribution in [0.1, 0.15) is 5.56 Å². The lowest BCUT2D eigenvalue weighted by Gasteiger charge is -2.09. The summed E-state index contributed by atoms with van der Waals surface area (Å²) in [6.07, 6.45) is 0. The Hall–Kier alpha value is -2.44. The molecule has 0 saturated heterocycles. The number of aromatic nitrogens is 2. The summed E-state index contributed by atoms with van der Waals surface area (Å²) in [4.78, 5) is 21.4. The molecule has 1 N–H and O–H groups in total. The van der Waals surface area contributed by atoms with Crippen LogP contribution < -0.4 is 5.32 Å². The number of fused-ring (bicyclic) bond motifs is 1. The molecule has 3 rings (SSSR count). The Bertz CT molecular complexity index is 897. The molecule has 5 nitrogen and oxygen atoms in total. The molecule has 0 aliphatic rings. The highest BCUT2D eigenvalue weighted by Crippen LogP contribution is 2.28. The molecule has 0 radical (unpaired) electrons. The highest BCUT2D eigenvalue weighted by Gasteiger charge is 2.11. The van der Waals surface area contributed by atoms with Crippen LogP contribution in [0.5, 0.6) is 0 Å². The summed E-state index contributed by atoms with van der Waals surface area (Å²) in [6.45, 7) is 3.06. The fourth-order valence-corrected chi connectivity index (χ4v) is 3.32. The highest BCUT2D eigenvalue weighted by atomic mass is 32.2. The largest absolute Gasteiger partial charge is 0.383 e. The SMILES string of the molecule is COCCNC(=O)CSc1nc(-c2ccc(C)cc2)nc2ccccc12. The van der Waals surface area contributed by atoms with E-state index in [1.807, 2.05) is 48.5 Å². The number of hydrogen-bond donors (Lipinski definition) is 1. The summed E-state index contributed by atoms with van der Waals surface area (Å²) in [5.41, 5.74) is 3.03. The van der Waals surface area contributed by atoms with Crippen LogP contribution in [-0.4, -0.2) is 41.9 Å². The van der Waals surface area contributed by atoms with E-state index >= 15 is 0 Å². The molecule has 1 amide bonds. The van der Waals surface area contributed by atoms with Crippen LogP contribution in [-0.2, 0) is 9.53 Å². The molecular weight excluding hydrogens is 346 g/mol. The van der Waals surface area contributed by atoms with E-state index in [2.05, 4.69) is 17.2 Å². The van der Waals surface area contributed by atoms with Crippen molar-refractivity contribution in [3.63, 3.8) is 0 Å². The monoisotopic (exact) mass is 367 g/mol. The minimum atomic E-state index is -0.0355. The average molecular weight is 367 g/mol. The average Bonchev–Trinajstić information content (AvgIpc) is 2.66. The number of methoxy groups -OCH3 is 1. The predicted molar refractivity (Wildman–Crippen MR) is 105 cm³/mol. The number of benzene rings is 2. The summed E-state index contributed by atoms with van der Waals surface area (Å²) in [6, 6.07) is 16.0. The topological polar surface area (TPSA) is 64.1 Å². The van der Waals surface area contributed by atoms with Gasteiger partial charge in [-0.05, 0) is 13.0 Å². The van der Waals surface area contributed by atoms with Crippen LogP contribution >= 0.6 is 11.8 Å². The molecule has 0 aliphatic carbocycles. The van der Waals surface area contributed by atoms with Crippen molar-refractivity contribution in [2.75, 3.05) is 26.0 Å². The Kier molecular flexibility index (Phi) is 6.20. The zero-order valence-electron chi connectivity index (χ0n) is 14.9. The van der Waals surface area contributed by atoms with Gasteiger partial charge in [-0.2, -0.15) is 0 Å². The lowest BCUT2D eigenvalue weighted by Crippen LogP contribution is -2.28. The van der Waals surface area contributed by atoms with E-state index in [9.17, 15) is 4.79 Å². The van der Waals surface area contributed by atoms with E-state index in [4.69, 9.17) is 9.72 Å². The molecule has 2 aromatic carbocycles. The first-order valence-electron chi connectivity index (χ1n) is 8.39. The van der Waals surface area contributed by atoms with Crippen LogP contribution in [0.15, 0.2) is 53.6 Å². The van der Waals surface area contributed by atoms with Crippen molar-refractivity contribution in [2.24, 2.45) is 0 Å². The standard InChI is InChI=1S/C20H21N3O2S/c1-14-7-9-15(10-8-14)19-22-17-6-4-3-5-16(17)20(23-19)26-13-18(24)21-11-12-25-2/h3-10H,11-13H2,1-2H3,(H,21,24). The van der Waals surface area contributed by atoms with Gasteiger partial charge in [0.05, 0.1) is 17.9 Å². The van der Waals surface area contributed by atoms with Gasteiger partial charge in [-0.1, -0.05) is 59.8 Å². The number of nitrogens with zero attached hydrogens (tertiary/aromatic N) is 2. The van der Waals surface area contributed by atoms with Crippen molar-refractivity contribution in [3.05, 3.63) is 54.1 Å². The molecule has 0 fully saturated rings. The maximum absolute atomic E-state index is 12.0. The molecule has 134 valence electrons. The van der Waals surface area contributed by atoms with Crippen LogP contribution in [0.3, 0.4) is 0 Å². The molecule has 1 aromatic heterocycles. The van der Waals surface area contributed by atoms with E-state index in [0.717, 1.165) is 21.5 Å². The van der Waals surface area contributed by atoms with Crippen molar-refractivity contribution in [2.45, 2.75) is 11.9 Å². The predicted octanol–water partition coefficient (Wildman–Crippen LogP) is 3.46. The van der Waals surface area contributed by atoms with Crippen molar-refractivity contribution >= 4 is 28.6 Å². The first-order valence-corrected chi connectivity index (χ1v) is 9.38. The number of nitrogens with one attached hydrogen (secondary N) is 1. The van der Waals surface area contributed by atoms with Gasteiger partial charge in [-0.15, -0.1) is 0 Å². The van der Waals surface area contributed by atoms with Gasteiger partial charge in [0.2, 0.25) is 5.91 Å². The summed E-state index contributed by atoms with van der Waals surface area (Å²) in [7, 11) is 1.61. The molecule has 0 unspecified atom stereocenters. The minimum Gasteiger partial charge on any atom is -0.383 e. The zero-order valence-corrected chi connectivity index (χ0v) is 15.7. The molecule has 0 atom stereocenters. The van der Waals surface area contributed by atoms with Crippen LogP contribution in [0, 0.1) is 6.92 Å². The first kappa shape index (κ1) is 18.4. The minimum absolute atomic E-state index is 0.0355. The van der Waals surface area contributed by atoms with Crippen molar-refractivity contribution in [3.8, 4) is 11.4 Å². The fraction of sp³-hybridized carbons (Fsp3) is 0.250. The number of carbonyl (C=O) groups excluding carboxylic acids is 1. The van der Waals surface area contributed by atoms with E-state index < -0.39 is 0 Å². The summed E-state index contributed by atoms with van der Waals surface area (Å²) in [5.74, 6) is 0.940. The molecule has 0 spiro atoms. The van der Waals surface area contributed by atoms with E-state index in [0.29, 0.717) is 24.7 Å². The molecule has 1 heterocycles. The lowest BCUT2D eigenvalue weighted by molar-refractivity contribution is -0.118.